The zero-order valence-corrected chi connectivity index (χ0v) is 20.1. The minimum atomic E-state index is -1.12. The fourth-order valence-corrected chi connectivity index (χ4v) is 8.99. The maximum atomic E-state index is 14.3. The first-order valence-corrected chi connectivity index (χ1v) is 12.5. The zero-order valence-electron chi connectivity index (χ0n) is 20.1. The van der Waals surface area contributed by atoms with Gasteiger partial charge < -0.3 is 9.84 Å². The van der Waals surface area contributed by atoms with E-state index in [0.29, 0.717) is 12.3 Å². The van der Waals surface area contributed by atoms with Crippen molar-refractivity contribution >= 4 is 11.6 Å². The second-order valence-electron chi connectivity index (χ2n) is 12.3. The summed E-state index contributed by atoms with van der Waals surface area (Å²) < 4.78 is 6.57. The Morgan fingerprint density at radius 2 is 1.88 bits per heavy atom. The summed E-state index contributed by atoms with van der Waals surface area (Å²) in [6.07, 6.45) is 8.64. The minimum absolute atomic E-state index is 0.0899. The van der Waals surface area contributed by atoms with E-state index in [-0.39, 0.29) is 34.9 Å². The first-order valence-electron chi connectivity index (χ1n) is 12.5. The molecule has 3 heterocycles. The number of aliphatic hydroxyl groups is 1. The molecule has 8 unspecified atom stereocenters. The van der Waals surface area contributed by atoms with Gasteiger partial charge in [-0.25, -0.2) is 0 Å². The molecule has 4 nitrogen and oxygen atoms in total. The molecule has 4 heteroatoms. The van der Waals surface area contributed by atoms with Crippen molar-refractivity contribution in [3.8, 4) is 0 Å². The van der Waals surface area contributed by atoms with Gasteiger partial charge >= 0.3 is 0 Å². The van der Waals surface area contributed by atoms with Gasteiger partial charge in [-0.3, -0.25) is 9.69 Å². The van der Waals surface area contributed by atoms with E-state index in [4.69, 9.17) is 4.74 Å². The van der Waals surface area contributed by atoms with Crippen LogP contribution < -0.4 is 4.90 Å². The molecule has 4 fully saturated rings. The predicted molar refractivity (Wildman–Crippen MR) is 125 cm³/mol. The molecule has 0 aromatic heterocycles. The van der Waals surface area contributed by atoms with E-state index in [2.05, 4.69) is 40.7 Å². The molecular formula is C28H37NO3. The quantitative estimate of drug-likeness (QED) is 0.589. The monoisotopic (exact) mass is 435 g/mol. The van der Waals surface area contributed by atoms with Gasteiger partial charge in [0.1, 0.15) is 0 Å². The standard InChI is InChI=1S/C28H37NO3/c1-17(2)14-19-16-25(3)22-11-10-18-15-28(31)20-8-6-7-9-21(20)29(28)24(30)27(18,5)26(22,4)13-12-23(25)32-19/h6-9,14,18-19,22-23,31H,10-13,15-16H2,1-5H3. The molecule has 5 aliphatic rings. The topological polar surface area (TPSA) is 49.8 Å². The molecule has 0 bridgehead atoms. The number of para-hydroxylation sites is 1. The van der Waals surface area contributed by atoms with Crippen LogP contribution in [-0.2, 0) is 15.3 Å². The van der Waals surface area contributed by atoms with Gasteiger partial charge in [0, 0.05) is 12.0 Å². The molecule has 0 radical (unpaired) electrons. The van der Waals surface area contributed by atoms with Gasteiger partial charge in [-0.1, -0.05) is 43.7 Å². The van der Waals surface area contributed by atoms with Crippen molar-refractivity contribution < 1.29 is 14.6 Å². The van der Waals surface area contributed by atoms with Crippen molar-refractivity contribution in [2.45, 2.75) is 91.1 Å². The third-order valence-corrected chi connectivity index (χ3v) is 10.7. The highest BCUT2D eigenvalue weighted by atomic mass is 16.5. The summed E-state index contributed by atoms with van der Waals surface area (Å²) in [6.45, 7) is 11.4. The molecule has 6 rings (SSSR count). The Morgan fingerprint density at radius 1 is 1.12 bits per heavy atom. The Kier molecular flexibility index (Phi) is 4.10. The number of allylic oxidation sites excluding steroid dienone is 1. The lowest BCUT2D eigenvalue weighted by Crippen LogP contribution is -2.74. The molecule has 1 aromatic rings. The average Bonchev–Trinajstić information content (AvgIpc) is 3.04. The molecule has 1 amide bonds. The maximum Gasteiger partial charge on any atom is 0.236 e. The number of benzene rings is 1. The summed E-state index contributed by atoms with van der Waals surface area (Å²) >= 11 is 0. The molecule has 2 saturated heterocycles. The number of hydrogen-bond acceptors (Lipinski definition) is 3. The van der Waals surface area contributed by atoms with Crippen LogP contribution in [0.15, 0.2) is 35.9 Å². The molecule has 1 N–H and O–H groups in total. The van der Waals surface area contributed by atoms with Gasteiger partial charge in [0.25, 0.3) is 0 Å². The van der Waals surface area contributed by atoms with Crippen molar-refractivity contribution in [2.75, 3.05) is 4.90 Å². The van der Waals surface area contributed by atoms with Gasteiger partial charge in [-0.15, -0.1) is 0 Å². The SMILES string of the molecule is CC(C)=CC1CC2(C)C(CCC3(C)C2CCC2CC4(O)c5ccccc5N4C(=O)C23C)O1. The van der Waals surface area contributed by atoms with Crippen molar-refractivity contribution in [2.24, 2.45) is 28.1 Å². The molecule has 8 atom stereocenters. The van der Waals surface area contributed by atoms with Gasteiger partial charge in [-0.2, -0.15) is 0 Å². The lowest BCUT2D eigenvalue weighted by Gasteiger charge is -2.69. The largest absolute Gasteiger partial charge is 0.370 e. The summed E-state index contributed by atoms with van der Waals surface area (Å²) in [5.41, 5.74) is 1.57. The summed E-state index contributed by atoms with van der Waals surface area (Å²) in [5.74, 6) is 0.808. The van der Waals surface area contributed by atoms with Crippen LogP contribution in [0.4, 0.5) is 5.69 Å². The van der Waals surface area contributed by atoms with Crippen LogP contribution in [0.2, 0.25) is 0 Å². The third kappa shape index (κ3) is 2.24. The normalized spacial score (nSPS) is 48.6. The molecule has 3 aliphatic heterocycles. The number of piperidine rings is 1. The number of nitrogens with zero attached hydrogens (tertiary/aromatic N) is 1. The molecule has 172 valence electrons. The Hall–Kier alpha value is -1.65. The fraction of sp³-hybridized carbons (Fsp3) is 0.679. The molecule has 1 aromatic carbocycles. The van der Waals surface area contributed by atoms with Gasteiger partial charge in [0.05, 0.1) is 23.3 Å². The number of carbonyl (C=O) groups excluding carboxylic acids is 1. The van der Waals surface area contributed by atoms with E-state index in [1.54, 1.807) is 4.90 Å². The van der Waals surface area contributed by atoms with E-state index in [1.807, 2.05) is 24.3 Å². The lowest BCUT2D eigenvalue weighted by molar-refractivity contribution is -0.209. The first kappa shape index (κ1) is 20.9. The van der Waals surface area contributed by atoms with E-state index in [1.165, 1.54) is 5.57 Å². The summed E-state index contributed by atoms with van der Waals surface area (Å²) in [6, 6.07) is 7.91. The van der Waals surface area contributed by atoms with E-state index >= 15 is 0 Å². The summed E-state index contributed by atoms with van der Waals surface area (Å²) in [5, 5.41) is 11.6. The smallest absolute Gasteiger partial charge is 0.236 e. The highest BCUT2D eigenvalue weighted by molar-refractivity contribution is 6.05. The number of carbonyl (C=O) groups is 1. The van der Waals surface area contributed by atoms with Crippen molar-refractivity contribution in [1.29, 1.82) is 0 Å². The average molecular weight is 436 g/mol. The third-order valence-electron chi connectivity index (χ3n) is 10.7. The molecule has 2 saturated carbocycles. The van der Waals surface area contributed by atoms with Crippen molar-refractivity contribution in [1.82, 2.24) is 0 Å². The van der Waals surface area contributed by atoms with Gasteiger partial charge in [0.2, 0.25) is 5.91 Å². The Bertz CT molecular complexity index is 1030. The molecular weight excluding hydrogens is 398 g/mol. The van der Waals surface area contributed by atoms with Crippen LogP contribution in [0, 0.1) is 28.1 Å². The van der Waals surface area contributed by atoms with Crippen LogP contribution in [0.1, 0.15) is 78.7 Å². The van der Waals surface area contributed by atoms with Crippen molar-refractivity contribution in [3.05, 3.63) is 41.5 Å². The Labute approximate surface area is 192 Å². The lowest BCUT2D eigenvalue weighted by atomic mass is 9.38. The highest BCUT2D eigenvalue weighted by Gasteiger charge is 2.73. The fourth-order valence-electron chi connectivity index (χ4n) is 8.99. The van der Waals surface area contributed by atoms with E-state index < -0.39 is 11.1 Å². The number of anilines is 1. The Morgan fingerprint density at radius 3 is 2.62 bits per heavy atom. The van der Waals surface area contributed by atoms with Crippen LogP contribution in [0.5, 0.6) is 0 Å². The van der Waals surface area contributed by atoms with E-state index in [9.17, 15) is 9.90 Å². The number of hydrogen-bond donors (Lipinski definition) is 1. The second-order valence-corrected chi connectivity index (χ2v) is 12.3. The van der Waals surface area contributed by atoms with Crippen LogP contribution >= 0.6 is 0 Å². The van der Waals surface area contributed by atoms with Crippen LogP contribution in [0.3, 0.4) is 0 Å². The highest BCUT2D eigenvalue weighted by Crippen LogP contribution is 2.73. The van der Waals surface area contributed by atoms with Crippen LogP contribution in [-0.4, -0.2) is 23.2 Å². The Balaban J connectivity index is 1.41. The number of amides is 1. The molecule has 2 aliphatic carbocycles. The van der Waals surface area contributed by atoms with Crippen molar-refractivity contribution in [3.63, 3.8) is 0 Å². The maximum absolute atomic E-state index is 14.3. The minimum Gasteiger partial charge on any atom is -0.370 e. The number of fused-ring (bicyclic) bond motifs is 9. The second kappa shape index (κ2) is 6.27. The summed E-state index contributed by atoms with van der Waals surface area (Å²) in [4.78, 5) is 16.1. The predicted octanol–water partition coefficient (Wildman–Crippen LogP) is 5.54. The number of rotatable bonds is 1. The molecule has 0 spiro atoms. The van der Waals surface area contributed by atoms with Crippen LogP contribution in [0.25, 0.3) is 0 Å². The zero-order chi connectivity index (χ0) is 22.7. The van der Waals surface area contributed by atoms with E-state index in [0.717, 1.165) is 43.4 Å². The molecule has 32 heavy (non-hydrogen) atoms. The van der Waals surface area contributed by atoms with Gasteiger partial charge in [0.15, 0.2) is 5.72 Å². The van der Waals surface area contributed by atoms with Gasteiger partial charge in [-0.05, 0) is 81.6 Å². The first-order chi connectivity index (χ1) is 15.1. The summed E-state index contributed by atoms with van der Waals surface area (Å²) in [7, 11) is 0. The number of ether oxygens (including phenoxy) is 1.